The van der Waals surface area contributed by atoms with Gasteiger partial charge in [0.05, 0.1) is 6.26 Å². The molecule has 2 heteroatoms. The van der Waals surface area contributed by atoms with Crippen molar-refractivity contribution >= 4 is 0 Å². The van der Waals surface area contributed by atoms with Gasteiger partial charge in [-0.05, 0) is 37.3 Å². The van der Waals surface area contributed by atoms with Gasteiger partial charge >= 0.3 is 0 Å². The second-order valence-electron chi connectivity index (χ2n) is 4.33. The van der Waals surface area contributed by atoms with Crippen molar-refractivity contribution in [3.05, 3.63) is 24.2 Å². The molecular formula is C12H19NO. The summed E-state index contributed by atoms with van der Waals surface area (Å²) in [5.74, 6) is 1.84. The molecule has 1 atom stereocenters. The smallest absolute Gasteiger partial charge is 0.103 e. The quantitative estimate of drug-likeness (QED) is 0.798. The third-order valence-electron chi connectivity index (χ3n) is 3.31. The Morgan fingerprint density at radius 3 is 2.86 bits per heavy atom. The van der Waals surface area contributed by atoms with Crippen LogP contribution in [-0.2, 0) is 6.42 Å². The first-order valence-electron chi connectivity index (χ1n) is 5.64. The molecule has 0 aliphatic heterocycles. The summed E-state index contributed by atoms with van der Waals surface area (Å²) in [6.45, 7) is 0. The molecule has 1 heterocycles. The Labute approximate surface area is 85.5 Å². The molecule has 1 aliphatic carbocycles. The number of nitrogens with two attached hydrogens (primary N) is 1. The van der Waals surface area contributed by atoms with Crippen molar-refractivity contribution < 1.29 is 4.42 Å². The largest absolute Gasteiger partial charge is 0.469 e. The molecule has 1 aliphatic rings. The van der Waals surface area contributed by atoms with Crippen molar-refractivity contribution in [3.8, 4) is 0 Å². The summed E-state index contributed by atoms with van der Waals surface area (Å²) in [6, 6.07) is 4.35. The molecule has 0 amide bonds. The summed E-state index contributed by atoms with van der Waals surface area (Å²) in [6.07, 6.45) is 9.20. The lowest BCUT2D eigenvalue weighted by Gasteiger charge is -2.17. The minimum Gasteiger partial charge on any atom is -0.469 e. The Bertz CT molecular complexity index is 249. The monoisotopic (exact) mass is 193 g/mol. The van der Waals surface area contributed by atoms with Crippen molar-refractivity contribution in [2.75, 3.05) is 0 Å². The Balaban J connectivity index is 1.74. The first-order chi connectivity index (χ1) is 6.86. The van der Waals surface area contributed by atoms with Crippen LogP contribution in [0.1, 0.15) is 37.9 Å². The van der Waals surface area contributed by atoms with Gasteiger partial charge in [0.25, 0.3) is 0 Å². The van der Waals surface area contributed by atoms with Gasteiger partial charge in [0.2, 0.25) is 0 Å². The SMILES string of the molecule is NC(CCc1ccco1)C1CCCC1. The Kier molecular flexibility index (Phi) is 3.25. The normalized spacial score (nSPS) is 20.1. The summed E-state index contributed by atoms with van der Waals surface area (Å²) in [5, 5.41) is 0. The maximum atomic E-state index is 6.15. The average molecular weight is 193 g/mol. The zero-order valence-corrected chi connectivity index (χ0v) is 8.61. The molecule has 0 aromatic carbocycles. The number of aryl methyl sites for hydroxylation is 1. The standard InChI is InChI=1S/C12H19NO/c13-12(10-4-1-2-5-10)8-7-11-6-3-9-14-11/h3,6,9-10,12H,1-2,4-5,7-8,13H2. The Morgan fingerprint density at radius 1 is 1.43 bits per heavy atom. The molecule has 2 N–H and O–H groups in total. The summed E-state index contributed by atoms with van der Waals surface area (Å²) < 4.78 is 5.29. The second-order valence-corrected chi connectivity index (χ2v) is 4.33. The van der Waals surface area contributed by atoms with E-state index in [0.29, 0.717) is 6.04 Å². The number of furan rings is 1. The molecular weight excluding hydrogens is 174 g/mol. The van der Waals surface area contributed by atoms with Gasteiger partial charge in [-0.3, -0.25) is 0 Å². The van der Waals surface area contributed by atoms with E-state index < -0.39 is 0 Å². The molecule has 1 aromatic rings. The molecule has 0 spiro atoms. The van der Waals surface area contributed by atoms with E-state index in [1.165, 1.54) is 25.7 Å². The van der Waals surface area contributed by atoms with E-state index in [9.17, 15) is 0 Å². The maximum absolute atomic E-state index is 6.15. The van der Waals surface area contributed by atoms with Gasteiger partial charge in [0.15, 0.2) is 0 Å². The molecule has 14 heavy (non-hydrogen) atoms. The second kappa shape index (κ2) is 4.65. The highest BCUT2D eigenvalue weighted by Crippen LogP contribution is 2.28. The van der Waals surface area contributed by atoms with Crippen LogP contribution >= 0.6 is 0 Å². The Hall–Kier alpha value is -0.760. The molecule has 78 valence electrons. The third-order valence-corrected chi connectivity index (χ3v) is 3.31. The molecule has 1 unspecified atom stereocenters. The van der Waals surface area contributed by atoms with Crippen LogP contribution in [0, 0.1) is 5.92 Å². The first kappa shape index (κ1) is 9.78. The van der Waals surface area contributed by atoms with Crippen LogP contribution < -0.4 is 5.73 Å². The first-order valence-corrected chi connectivity index (χ1v) is 5.64. The predicted molar refractivity (Wildman–Crippen MR) is 57.0 cm³/mol. The van der Waals surface area contributed by atoms with Crippen LogP contribution in [0.15, 0.2) is 22.8 Å². The number of hydrogen-bond donors (Lipinski definition) is 1. The van der Waals surface area contributed by atoms with Gasteiger partial charge in [-0.15, -0.1) is 0 Å². The van der Waals surface area contributed by atoms with Crippen molar-refractivity contribution in [3.63, 3.8) is 0 Å². The fourth-order valence-electron chi connectivity index (χ4n) is 2.39. The predicted octanol–water partition coefficient (Wildman–Crippen LogP) is 2.73. The summed E-state index contributed by atoms with van der Waals surface area (Å²) >= 11 is 0. The van der Waals surface area contributed by atoms with E-state index in [0.717, 1.165) is 24.5 Å². The highest BCUT2D eigenvalue weighted by Gasteiger charge is 2.21. The molecule has 1 fully saturated rings. The molecule has 0 radical (unpaired) electrons. The lowest BCUT2D eigenvalue weighted by atomic mass is 9.95. The minimum absolute atomic E-state index is 0.377. The summed E-state index contributed by atoms with van der Waals surface area (Å²) in [5.41, 5.74) is 6.15. The minimum atomic E-state index is 0.377. The summed E-state index contributed by atoms with van der Waals surface area (Å²) in [7, 11) is 0. The fraction of sp³-hybridized carbons (Fsp3) is 0.667. The van der Waals surface area contributed by atoms with Gasteiger partial charge in [0, 0.05) is 12.5 Å². The highest BCUT2D eigenvalue weighted by atomic mass is 16.3. The maximum Gasteiger partial charge on any atom is 0.103 e. The lowest BCUT2D eigenvalue weighted by molar-refractivity contribution is 0.394. The van der Waals surface area contributed by atoms with Gasteiger partial charge < -0.3 is 10.2 Å². The van der Waals surface area contributed by atoms with Crippen LogP contribution in [0.3, 0.4) is 0 Å². The van der Waals surface area contributed by atoms with Gasteiger partial charge in [-0.25, -0.2) is 0 Å². The van der Waals surface area contributed by atoms with Crippen LogP contribution in [0.25, 0.3) is 0 Å². The average Bonchev–Trinajstić information content (AvgIpc) is 2.87. The van der Waals surface area contributed by atoms with Gasteiger partial charge in [0.1, 0.15) is 5.76 Å². The van der Waals surface area contributed by atoms with Crippen LogP contribution in [0.5, 0.6) is 0 Å². The van der Waals surface area contributed by atoms with E-state index in [-0.39, 0.29) is 0 Å². The molecule has 0 bridgehead atoms. The molecule has 2 rings (SSSR count). The van der Waals surface area contributed by atoms with Gasteiger partial charge in [-0.1, -0.05) is 12.8 Å². The zero-order valence-electron chi connectivity index (χ0n) is 8.61. The Morgan fingerprint density at radius 2 is 2.21 bits per heavy atom. The van der Waals surface area contributed by atoms with Crippen LogP contribution in [-0.4, -0.2) is 6.04 Å². The zero-order chi connectivity index (χ0) is 9.80. The van der Waals surface area contributed by atoms with Crippen LogP contribution in [0.4, 0.5) is 0 Å². The van der Waals surface area contributed by atoms with Crippen molar-refractivity contribution in [2.24, 2.45) is 11.7 Å². The molecule has 0 saturated heterocycles. The number of hydrogen-bond acceptors (Lipinski definition) is 2. The molecule has 2 nitrogen and oxygen atoms in total. The van der Waals surface area contributed by atoms with E-state index >= 15 is 0 Å². The lowest BCUT2D eigenvalue weighted by Crippen LogP contribution is -2.28. The van der Waals surface area contributed by atoms with E-state index in [2.05, 4.69) is 0 Å². The van der Waals surface area contributed by atoms with E-state index in [1.807, 2.05) is 12.1 Å². The van der Waals surface area contributed by atoms with Gasteiger partial charge in [-0.2, -0.15) is 0 Å². The van der Waals surface area contributed by atoms with Crippen molar-refractivity contribution in [2.45, 2.75) is 44.6 Å². The summed E-state index contributed by atoms with van der Waals surface area (Å²) in [4.78, 5) is 0. The van der Waals surface area contributed by atoms with E-state index in [1.54, 1.807) is 6.26 Å². The molecule has 1 saturated carbocycles. The van der Waals surface area contributed by atoms with Crippen molar-refractivity contribution in [1.29, 1.82) is 0 Å². The molecule has 1 aromatic heterocycles. The van der Waals surface area contributed by atoms with Crippen molar-refractivity contribution in [1.82, 2.24) is 0 Å². The fourth-order valence-corrected chi connectivity index (χ4v) is 2.39. The van der Waals surface area contributed by atoms with E-state index in [4.69, 9.17) is 10.2 Å². The number of rotatable bonds is 4. The third kappa shape index (κ3) is 2.38. The highest BCUT2D eigenvalue weighted by molar-refractivity contribution is 4.98. The van der Waals surface area contributed by atoms with Crippen LogP contribution in [0.2, 0.25) is 0 Å². The topological polar surface area (TPSA) is 39.2 Å².